The standard InChI is InChI=1S/C9H9ClO3S/c10-7-2-1-6(14-7)8(12)9(3-11)4-13-5-9/h1-2,11H,3-5H2. The van der Waals surface area contributed by atoms with Crippen LogP contribution in [0.1, 0.15) is 9.67 Å². The molecule has 3 nitrogen and oxygen atoms in total. The third kappa shape index (κ3) is 1.48. The maximum atomic E-state index is 11.9. The minimum Gasteiger partial charge on any atom is -0.395 e. The molecule has 1 aromatic rings. The van der Waals surface area contributed by atoms with Gasteiger partial charge in [0.05, 0.1) is 29.0 Å². The van der Waals surface area contributed by atoms with Gasteiger partial charge in [-0.05, 0) is 12.1 Å². The summed E-state index contributed by atoms with van der Waals surface area (Å²) in [6.07, 6.45) is 0. The van der Waals surface area contributed by atoms with E-state index >= 15 is 0 Å². The molecule has 0 aromatic carbocycles. The van der Waals surface area contributed by atoms with E-state index in [1.165, 1.54) is 11.3 Å². The summed E-state index contributed by atoms with van der Waals surface area (Å²) in [6.45, 7) is 0.442. The van der Waals surface area contributed by atoms with Crippen LogP contribution in [-0.2, 0) is 4.74 Å². The van der Waals surface area contributed by atoms with Crippen molar-refractivity contribution in [1.29, 1.82) is 0 Å². The zero-order valence-electron chi connectivity index (χ0n) is 7.33. The smallest absolute Gasteiger partial charge is 0.185 e. The van der Waals surface area contributed by atoms with Crippen LogP contribution in [0.25, 0.3) is 0 Å². The van der Waals surface area contributed by atoms with E-state index in [-0.39, 0.29) is 12.4 Å². The number of hydrogen-bond donors (Lipinski definition) is 1. The van der Waals surface area contributed by atoms with Crippen LogP contribution in [0.15, 0.2) is 12.1 Å². The SMILES string of the molecule is O=C(c1ccc(Cl)s1)C1(CO)COC1. The van der Waals surface area contributed by atoms with Crippen molar-refractivity contribution in [2.24, 2.45) is 5.41 Å². The molecule has 0 radical (unpaired) electrons. The predicted molar refractivity (Wildman–Crippen MR) is 54.0 cm³/mol. The molecule has 1 saturated heterocycles. The number of Topliss-reactive ketones (excluding diaryl/α,β-unsaturated/α-hetero) is 1. The van der Waals surface area contributed by atoms with E-state index in [1.54, 1.807) is 12.1 Å². The first-order valence-corrected chi connectivity index (χ1v) is 5.36. The van der Waals surface area contributed by atoms with Crippen LogP contribution in [0, 0.1) is 5.41 Å². The molecule has 76 valence electrons. The van der Waals surface area contributed by atoms with Gasteiger partial charge in [-0.15, -0.1) is 11.3 Å². The van der Waals surface area contributed by atoms with Crippen LogP contribution in [-0.4, -0.2) is 30.7 Å². The molecule has 0 amide bonds. The molecule has 14 heavy (non-hydrogen) atoms. The number of ether oxygens (including phenoxy) is 1. The molecule has 2 rings (SSSR count). The molecule has 0 atom stereocenters. The Kier molecular flexibility index (Phi) is 2.62. The molecule has 1 aliphatic heterocycles. The summed E-state index contributed by atoms with van der Waals surface area (Å²) in [7, 11) is 0. The molecule has 0 bridgehead atoms. The molecule has 1 aliphatic rings. The summed E-state index contributed by atoms with van der Waals surface area (Å²) in [5, 5.41) is 9.15. The summed E-state index contributed by atoms with van der Waals surface area (Å²) in [5.74, 6) is -0.0665. The van der Waals surface area contributed by atoms with Gasteiger partial charge in [0.1, 0.15) is 5.41 Å². The van der Waals surface area contributed by atoms with Crippen molar-refractivity contribution in [3.8, 4) is 0 Å². The molecule has 0 spiro atoms. The third-order valence-corrected chi connectivity index (χ3v) is 3.57. The second-order valence-corrected chi connectivity index (χ2v) is 5.08. The Morgan fingerprint density at radius 1 is 1.64 bits per heavy atom. The molecule has 1 aromatic heterocycles. The molecule has 5 heteroatoms. The van der Waals surface area contributed by atoms with Crippen molar-refractivity contribution in [3.05, 3.63) is 21.3 Å². The van der Waals surface area contributed by atoms with Crippen molar-refractivity contribution in [2.45, 2.75) is 0 Å². The van der Waals surface area contributed by atoms with Crippen LogP contribution in [0.3, 0.4) is 0 Å². The number of aliphatic hydroxyl groups excluding tert-OH is 1. The zero-order chi connectivity index (χ0) is 10.2. The van der Waals surface area contributed by atoms with E-state index in [1.807, 2.05) is 0 Å². The third-order valence-electron chi connectivity index (χ3n) is 2.34. The highest BCUT2D eigenvalue weighted by molar-refractivity contribution is 7.18. The Balaban J connectivity index is 2.23. The van der Waals surface area contributed by atoms with Crippen LogP contribution < -0.4 is 0 Å². The highest BCUT2D eigenvalue weighted by atomic mass is 35.5. The molecular formula is C9H9ClO3S. The van der Waals surface area contributed by atoms with E-state index in [0.29, 0.717) is 22.4 Å². The number of carbonyl (C=O) groups excluding carboxylic acids is 1. The van der Waals surface area contributed by atoms with Crippen LogP contribution in [0.2, 0.25) is 4.34 Å². The van der Waals surface area contributed by atoms with E-state index in [4.69, 9.17) is 21.4 Å². The Hall–Kier alpha value is -0.420. The number of ketones is 1. The first-order valence-electron chi connectivity index (χ1n) is 4.17. The minimum atomic E-state index is -0.714. The lowest BCUT2D eigenvalue weighted by atomic mass is 9.81. The molecule has 1 fully saturated rings. The van der Waals surface area contributed by atoms with Gasteiger partial charge in [-0.3, -0.25) is 4.79 Å². The lowest BCUT2D eigenvalue weighted by Crippen LogP contribution is -2.51. The summed E-state index contributed by atoms with van der Waals surface area (Å²) in [6, 6.07) is 3.37. The lowest BCUT2D eigenvalue weighted by molar-refractivity contribution is -0.109. The monoisotopic (exact) mass is 232 g/mol. The van der Waals surface area contributed by atoms with Crippen LogP contribution in [0.5, 0.6) is 0 Å². The molecule has 2 heterocycles. The van der Waals surface area contributed by atoms with Crippen molar-refractivity contribution >= 4 is 28.7 Å². The van der Waals surface area contributed by atoms with Gasteiger partial charge in [-0.2, -0.15) is 0 Å². The molecule has 0 saturated carbocycles. The second-order valence-electron chi connectivity index (χ2n) is 3.36. The number of thiophene rings is 1. The Morgan fingerprint density at radius 3 is 2.71 bits per heavy atom. The number of hydrogen-bond acceptors (Lipinski definition) is 4. The van der Waals surface area contributed by atoms with Crippen LogP contribution >= 0.6 is 22.9 Å². The molecular weight excluding hydrogens is 224 g/mol. The maximum Gasteiger partial charge on any atom is 0.185 e. The molecule has 0 aliphatic carbocycles. The minimum absolute atomic E-state index is 0.0665. The average molecular weight is 233 g/mol. The van der Waals surface area contributed by atoms with Crippen molar-refractivity contribution in [3.63, 3.8) is 0 Å². The highest BCUT2D eigenvalue weighted by Gasteiger charge is 2.46. The molecule has 1 N–H and O–H groups in total. The molecule has 0 unspecified atom stereocenters. The van der Waals surface area contributed by atoms with Crippen molar-refractivity contribution in [2.75, 3.05) is 19.8 Å². The fraction of sp³-hybridized carbons (Fsp3) is 0.444. The van der Waals surface area contributed by atoms with Gasteiger partial charge in [0.25, 0.3) is 0 Å². The first kappa shape index (κ1) is 10.1. The van der Waals surface area contributed by atoms with E-state index in [0.717, 1.165) is 0 Å². The Morgan fingerprint density at radius 2 is 2.36 bits per heavy atom. The number of aliphatic hydroxyl groups is 1. The van der Waals surface area contributed by atoms with Gasteiger partial charge in [-0.1, -0.05) is 11.6 Å². The summed E-state index contributed by atoms with van der Waals surface area (Å²) in [5.41, 5.74) is -0.714. The van der Waals surface area contributed by atoms with E-state index in [9.17, 15) is 4.79 Å². The Bertz CT molecular complexity index is 351. The topological polar surface area (TPSA) is 46.5 Å². The zero-order valence-corrected chi connectivity index (χ0v) is 8.90. The Labute approximate surface area is 90.3 Å². The first-order chi connectivity index (χ1) is 6.68. The maximum absolute atomic E-state index is 11.9. The second kappa shape index (κ2) is 3.62. The van der Waals surface area contributed by atoms with Gasteiger partial charge in [0.15, 0.2) is 5.78 Å². The number of carbonyl (C=O) groups is 1. The van der Waals surface area contributed by atoms with Crippen molar-refractivity contribution < 1.29 is 14.6 Å². The largest absolute Gasteiger partial charge is 0.395 e. The fourth-order valence-electron chi connectivity index (χ4n) is 1.34. The van der Waals surface area contributed by atoms with E-state index in [2.05, 4.69) is 0 Å². The average Bonchev–Trinajstić information content (AvgIpc) is 2.50. The van der Waals surface area contributed by atoms with Crippen LogP contribution in [0.4, 0.5) is 0 Å². The summed E-state index contributed by atoms with van der Waals surface area (Å²) < 4.78 is 5.55. The lowest BCUT2D eigenvalue weighted by Gasteiger charge is -2.37. The summed E-state index contributed by atoms with van der Waals surface area (Å²) >= 11 is 6.97. The van der Waals surface area contributed by atoms with Gasteiger partial charge in [-0.25, -0.2) is 0 Å². The van der Waals surface area contributed by atoms with Gasteiger partial charge in [0, 0.05) is 0 Å². The van der Waals surface area contributed by atoms with Gasteiger partial charge >= 0.3 is 0 Å². The van der Waals surface area contributed by atoms with Gasteiger partial charge < -0.3 is 9.84 Å². The quantitative estimate of drug-likeness (QED) is 0.806. The van der Waals surface area contributed by atoms with Crippen molar-refractivity contribution in [1.82, 2.24) is 0 Å². The summed E-state index contributed by atoms with van der Waals surface area (Å²) in [4.78, 5) is 12.5. The number of rotatable bonds is 3. The fourth-order valence-corrected chi connectivity index (χ4v) is 2.44. The van der Waals surface area contributed by atoms with Gasteiger partial charge in [0.2, 0.25) is 0 Å². The van der Waals surface area contributed by atoms with E-state index < -0.39 is 5.41 Å². The highest BCUT2D eigenvalue weighted by Crippen LogP contribution is 2.34. The number of halogens is 1. The predicted octanol–water partition coefficient (Wildman–Crippen LogP) is 1.59. The normalized spacial score (nSPS) is 19.0.